The van der Waals surface area contributed by atoms with Gasteiger partial charge in [0.15, 0.2) is 0 Å². The minimum atomic E-state index is -4.27. The third-order valence-electron chi connectivity index (χ3n) is 7.11. The molecule has 0 aromatic heterocycles. The van der Waals surface area contributed by atoms with Crippen LogP contribution in [0.4, 0.5) is 0 Å². The summed E-state index contributed by atoms with van der Waals surface area (Å²) in [6.07, 6.45) is 25.5. The summed E-state index contributed by atoms with van der Waals surface area (Å²) in [7, 11) is -4.27. The fraction of sp³-hybridized carbons (Fsp3) is 0.710. The lowest BCUT2D eigenvalue weighted by molar-refractivity contribution is -0.550. The van der Waals surface area contributed by atoms with E-state index in [9.17, 15) is 18.1 Å². The van der Waals surface area contributed by atoms with Crippen LogP contribution in [-0.2, 0) is 10.1 Å². The van der Waals surface area contributed by atoms with Crippen LogP contribution in [0.25, 0.3) is 0 Å². The molecule has 2 unspecified atom stereocenters. The van der Waals surface area contributed by atoms with Gasteiger partial charge in [-0.15, -0.1) is 0 Å². The molecule has 0 saturated heterocycles. The molecule has 1 aromatic carbocycles. The van der Waals surface area contributed by atoms with Gasteiger partial charge in [0.05, 0.1) is 17.0 Å². The molecule has 218 valence electrons. The van der Waals surface area contributed by atoms with E-state index in [1.165, 1.54) is 89.2 Å². The topological polar surface area (TPSA) is 92.5 Å². The highest BCUT2D eigenvalue weighted by atomic mass is 32.2. The number of nitrogens with zero attached hydrogens (tertiary/aromatic N) is 1. The third-order valence-corrected chi connectivity index (χ3v) is 7.96. The lowest BCUT2D eigenvalue weighted by atomic mass is 10.0. The van der Waals surface area contributed by atoms with Gasteiger partial charge in [-0.1, -0.05) is 81.7 Å². The van der Waals surface area contributed by atoms with Gasteiger partial charge in [-0.25, -0.2) is 8.42 Å². The first-order chi connectivity index (χ1) is 18.2. The molecule has 2 N–H and O–H groups in total. The van der Waals surface area contributed by atoms with E-state index in [0.29, 0.717) is 6.04 Å². The van der Waals surface area contributed by atoms with E-state index in [1.54, 1.807) is 12.1 Å². The zero-order valence-corrected chi connectivity index (χ0v) is 25.1. The maximum Gasteiger partial charge on any atom is 0.232 e. The van der Waals surface area contributed by atoms with Gasteiger partial charge in [-0.3, -0.25) is 9.89 Å². The van der Waals surface area contributed by atoms with Crippen LogP contribution in [-0.4, -0.2) is 54.2 Å². The fourth-order valence-corrected chi connectivity index (χ4v) is 5.02. The summed E-state index contributed by atoms with van der Waals surface area (Å²) in [6, 6.07) is 6.38. The Morgan fingerprint density at radius 3 is 2.08 bits per heavy atom. The molecule has 2 atom stereocenters. The van der Waals surface area contributed by atoms with E-state index in [-0.39, 0.29) is 11.0 Å². The molecule has 2 rings (SSSR count). The molecule has 7 heteroatoms. The summed E-state index contributed by atoms with van der Waals surface area (Å²) >= 11 is 0. The number of rotatable bonds is 19. The Kier molecular flexibility index (Phi) is 19.1. The van der Waals surface area contributed by atoms with Crippen molar-refractivity contribution >= 4 is 16.5 Å². The summed E-state index contributed by atoms with van der Waals surface area (Å²) in [5, 5.41) is 13.4. The van der Waals surface area contributed by atoms with E-state index in [0.717, 1.165) is 37.9 Å². The molecule has 0 radical (unpaired) electrons. The van der Waals surface area contributed by atoms with Crippen LogP contribution < -0.4 is 5.32 Å². The van der Waals surface area contributed by atoms with Gasteiger partial charge >= 0.3 is 0 Å². The average Bonchev–Trinajstić information content (AvgIpc) is 3.42. The number of aliphatic hydroxyl groups excluding tert-OH is 1. The largest absolute Gasteiger partial charge is 0.744 e. The van der Waals surface area contributed by atoms with Crippen molar-refractivity contribution in [1.29, 1.82) is 0 Å². The number of hydrogen-bond acceptors (Lipinski definition) is 5. The maximum absolute atomic E-state index is 10.4. The second kappa shape index (κ2) is 21.2. The standard InChI is InChI=1S/C24H46N2O.C7H8O3S/c1-3-4-5-6-7-8-9-10-11-12-13-14-15-18-24(27)19-16-17-23(2)26-21-20-25-22-26;1-6-2-4-7(5-3-6)11(8,9)10/h10-11,22-24,27H,3-9,12-21H2,1-2H3;2-5H,1H3,(H,8,9,10)/b11-10-;. The molecule has 1 aromatic rings. The molecule has 0 aliphatic carbocycles. The van der Waals surface area contributed by atoms with Crippen molar-refractivity contribution in [3.63, 3.8) is 0 Å². The normalized spacial score (nSPS) is 15.0. The number of benzene rings is 1. The highest BCUT2D eigenvalue weighted by Crippen LogP contribution is 2.14. The molecule has 1 aliphatic heterocycles. The number of aryl methyl sites for hydroxylation is 1. The van der Waals surface area contributed by atoms with Crippen molar-refractivity contribution in [1.82, 2.24) is 5.32 Å². The lowest BCUT2D eigenvalue weighted by Crippen LogP contribution is -2.23. The molecule has 0 fully saturated rings. The van der Waals surface area contributed by atoms with Gasteiger partial charge in [-0.2, -0.15) is 0 Å². The molecule has 0 amide bonds. The zero-order chi connectivity index (χ0) is 28.1. The summed E-state index contributed by atoms with van der Waals surface area (Å²) in [5.41, 5.74) is 0.928. The predicted octanol–water partition coefficient (Wildman–Crippen LogP) is 6.71. The van der Waals surface area contributed by atoms with Crippen molar-refractivity contribution in [3.8, 4) is 0 Å². The Bertz CT molecular complexity index is 882. The Labute approximate surface area is 233 Å². The Balaban J connectivity index is 0.000000544. The van der Waals surface area contributed by atoms with Gasteiger partial charge in [0.25, 0.3) is 0 Å². The molecule has 38 heavy (non-hydrogen) atoms. The van der Waals surface area contributed by atoms with Gasteiger partial charge in [0, 0.05) is 0 Å². The molecule has 0 spiro atoms. The Morgan fingerprint density at radius 1 is 0.921 bits per heavy atom. The van der Waals surface area contributed by atoms with E-state index in [4.69, 9.17) is 0 Å². The monoisotopic (exact) mass is 550 g/mol. The summed E-state index contributed by atoms with van der Waals surface area (Å²) in [5.74, 6) is 0. The minimum absolute atomic E-state index is 0.0962. The van der Waals surface area contributed by atoms with Crippen LogP contribution in [0.1, 0.15) is 116 Å². The first-order valence-electron chi connectivity index (χ1n) is 14.9. The summed E-state index contributed by atoms with van der Waals surface area (Å²) in [4.78, 5) is -0.178. The lowest BCUT2D eigenvalue weighted by Gasteiger charge is -2.13. The zero-order valence-electron chi connectivity index (χ0n) is 24.2. The minimum Gasteiger partial charge on any atom is -0.744 e. The number of hydrogen-bond donors (Lipinski definition) is 2. The molecular weight excluding hydrogens is 496 g/mol. The third kappa shape index (κ3) is 17.7. The molecule has 1 aliphatic rings. The van der Waals surface area contributed by atoms with Crippen molar-refractivity contribution in [2.75, 3.05) is 13.1 Å². The number of unbranched alkanes of at least 4 members (excludes halogenated alkanes) is 9. The van der Waals surface area contributed by atoms with Crippen molar-refractivity contribution in [2.45, 2.75) is 134 Å². The van der Waals surface area contributed by atoms with Gasteiger partial charge < -0.3 is 9.66 Å². The Morgan fingerprint density at radius 2 is 1.50 bits per heavy atom. The van der Waals surface area contributed by atoms with Crippen LogP contribution in [0.5, 0.6) is 0 Å². The Hall–Kier alpha value is -1.70. The average molecular weight is 551 g/mol. The summed E-state index contributed by atoms with van der Waals surface area (Å²) in [6.45, 7) is 8.58. The molecule has 0 saturated carbocycles. The number of allylic oxidation sites excluding steroid dienone is 2. The van der Waals surface area contributed by atoms with Crippen LogP contribution in [0.15, 0.2) is 41.3 Å². The molecular formula is C31H54N2O4S. The van der Waals surface area contributed by atoms with Crippen LogP contribution in [0.2, 0.25) is 0 Å². The molecule has 1 heterocycles. The second-order valence-corrected chi connectivity index (χ2v) is 12.1. The van der Waals surface area contributed by atoms with Crippen molar-refractivity contribution in [2.24, 2.45) is 0 Å². The van der Waals surface area contributed by atoms with E-state index in [1.807, 2.05) is 6.92 Å². The van der Waals surface area contributed by atoms with Crippen molar-refractivity contribution < 1.29 is 22.7 Å². The van der Waals surface area contributed by atoms with E-state index < -0.39 is 10.1 Å². The van der Waals surface area contributed by atoms with Crippen LogP contribution in [0.3, 0.4) is 0 Å². The van der Waals surface area contributed by atoms with E-state index in [2.05, 4.69) is 42.2 Å². The predicted molar refractivity (Wildman–Crippen MR) is 158 cm³/mol. The van der Waals surface area contributed by atoms with Crippen LogP contribution >= 0.6 is 0 Å². The van der Waals surface area contributed by atoms with Crippen molar-refractivity contribution in [3.05, 3.63) is 42.0 Å². The second-order valence-electron chi connectivity index (χ2n) is 10.7. The smallest absolute Gasteiger partial charge is 0.232 e. The quantitative estimate of drug-likeness (QED) is 0.0865. The van der Waals surface area contributed by atoms with E-state index >= 15 is 0 Å². The SMILES string of the molecule is CCCCCCCC/C=C\CCCCCC(O)CCCC(C)[N+]1=CNCC1.Cc1ccc(S(=O)(=O)[O-])cc1. The maximum atomic E-state index is 10.4. The number of nitrogens with one attached hydrogen (secondary N) is 1. The molecule has 0 bridgehead atoms. The van der Waals surface area contributed by atoms with Gasteiger partial charge in [-0.05, 0) is 77.3 Å². The fourth-order valence-electron chi connectivity index (χ4n) is 4.55. The van der Waals surface area contributed by atoms with Gasteiger partial charge in [0.1, 0.15) is 23.2 Å². The summed E-state index contributed by atoms with van der Waals surface area (Å²) < 4.78 is 33.5. The van der Waals surface area contributed by atoms with Crippen LogP contribution in [0, 0.1) is 6.92 Å². The molecule has 6 nitrogen and oxygen atoms in total. The first-order valence-corrected chi connectivity index (χ1v) is 16.3. The highest BCUT2D eigenvalue weighted by molar-refractivity contribution is 7.85. The number of aliphatic hydroxyl groups is 1. The van der Waals surface area contributed by atoms with Gasteiger partial charge in [0.2, 0.25) is 6.34 Å². The first kappa shape index (κ1) is 34.3. The highest BCUT2D eigenvalue weighted by Gasteiger charge is 2.16.